The molecule has 3 aromatic heterocycles. The van der Waals surface area contributed by atoms with E-state index in [9.17, 15) is 14.4 Å². The van der Waals surface area contributed by atoms with Crippen molar-refractivity contribution in [3.05, 3.63) is 64.4 Å². The lowest BCUT2D eigenvalue weighted by molar-refractivity contribution is -0.138. The number of piperidine rings is 1. The number of benzene rings is 1. The van der Waals surface area contributed by atoms with Gasteiger partial charge < -0.3 is 20.9 Å². The average Bonchev–Trinajstić information content (AvgIpc) is 3.37. The van der Waals surface area contributed by atoms with Gasteiger partial charge in [0.2, 0.25) is 11.8 Å². The second-order valence-electron chi connectivity index (χ2n) is 11.8. The number of hydrogen-bond donors (Lipinski definition) is 3. The molecular formula is C31H34BrN9O3. The summed E-state index contributed by atoms with van der Waals surface area (Å²) >= 11 is 3.36. The van der Waals surface area contributed by atoms with E-state index >= 15 is 0 Å². The number of likely N-dealkylation sites (N-methyl/N-ethyl adjacent to an activating group) is 1. The molecule has 3 atom stereocenters. The molecule has 4 heterocycles. The van der Waals surface area contributed by atoms with E-state index in [1.807, 2.05) is 51.2 Å². The Balaban J connectivity index is 1.30. The van der Waals surface area contributed by atoms with Gasteiger partial charge in [0.1, 0.15) is 28.8 Å². The lowest BCUT2D eigenvalue weighted by Gasteiger charge is -2.27. The number of hydrogen-bond acceptors (Lipinski definition) is 8. The zero-order valence-corrected chi connectivity index (χ0v) is 26.6. The number of carbonyl (C=O) groups is 3. The minimum Gasteiger partial charge on any atom is -0.349 e. The van der Waals surface area contributed by atoms with E-state index in [4.69, 9.17) is 0 Å². The van der Waals surface area contributed by atoms with Crippen molar-refractivity contribution in [2.24, 2.45) is 5.41 Å². The van der Waals surface area contributed by atoms with Crippen LogP contribution in [0.1, 0.15) is 41.6 Å². The molecule has 1 saturated carbocycles. The zero-order chi connectivity index (χ0) is 31.2. The Morgan fingerprint density at radius 1 is 1.05 bits per heavy atom. The summed E-state index contributed by atoms with van der Waals surface area (Å²) in [7, 11) is 1.81. The zero-order valence-electron chi connectivity index (χ0n) is 25.0. The highest BCUT2D eigenvalue weighted by molar-refractivity contribution is 9.10. The molecule has 0 unspecified atom stereocenters. The first-order valence-electron chi connectivity index (χ1n) is 14.6. The molecule has 13 heteroatoms. The highest BCUT2D eigenvalue weighted by Gasteiger charge is 2.64. The van der Waals surface area contributed by atoms with Gasteiger partial charge in [0.05, 0.1) is 5.52 Å². The first kappa shape index (κ1) is 29.8. The molecule has 12 nitrogen and oxygen atoms in total. The second kappa shape index (κ2) is 11.7. The van der Waals surface area contributed by atoms with Gasteiger partial charge in [-0.25, -0.2) is 15.0 Å². The lowest BCUT2D eigenvalue weighted by Crippen LogP contribution is -2.47. The first-order chi connectivity index (χ1) is 21.1. The van der Waals surface area contributed by atoms with E-state index in [1.54, 1.807) is 22.0 Å². The molecule has 0 bridgehead atoms. The number of aromatic nitrogens is 5. The number of anilines is 1. The number of nitrogens with one attached hydrogen (secondary N) is 3. The minimum atomic E-state index is -0.634. The van der Waals surface area contributed by atoms with Crippen LogP contribution in [0.5, 0.6) is 0 Å². The van der Waals surface area contributed by atoms with Crippen LogP contribution in [0.3, 0.4) is 0 Å². The quantitative estimate of drug-likeness (QED) is 0.183. The van der Waals surface area contributed by atoms with Crippen molar-refractivity contribution in [3.63, 3.8) is 0 Å². The topological polar surface area (TPSA) is 147 Å². The Labute approximate surface area is 263 Å². The number of rotatable bonds is 9. The van der Waals surface area contributed by atoms with Crippen molar-refractivity contribution in [1.82, 2.24) is 40.3 Å². The van der Waals surface area contributed by atoms with Gasteiger partial charge in [-0.1, -0.05) is 19.1 Å². The van der Waals surface area contributed by atoms with Crippen LogP contribution in [-0.4, -0.2) is 79.6 Å². The molecule has 1 aliphatic heterocycles. The number of halogens is 1. The summed E-state index contributed by atoms with van der Waals surface area (Å²) < 4.78 is 2.18. The van der Waals surface area contributed by atoms with Crippen molar-refractivity contribution in [3.8, 4) is 11.1 Å². The maximum Gasteiger partial charge on any atom is 0.272 e. The van der Waals surface area contributed by atoms with Gasteiger partial charge in [0.25, 0.3) is 5.91 Å². The summed E-state index contributed by atoms with van der Waals surface area (Å²) in [5, 5.41) is 14.1. The molecule has 3 amide bonds. The Morgan fingerprint density at radius 2 is 1.82 bits per heavy atom. The van der Waals surface area contributed by atoms with Crippen LogP contribution in [0.15, 0.2) is 47.3 Å². The predicted molar refractivity (Wildman–Crippen MR) is 169 cm³/mol. The summed E-state index contributed by atoms with van der Waals surface area (Å²) in [4.78, 5) is 55.5. The van der Waals surface area contributed by atoms with Crippen LogP contribution in [0.4, 0.5) is 5.82 Å². The highest BCUT2D eigenvalue weighted by Crippen LogP contribution is 2.59. The summed E-state index contributed by atoms with van der Waals surface area (Å²) in [6.45, 7) is 6.71. The fraction of sp³-hybridized carbons (Fsp3) is 0.387. The Morgan fingerprint density at radius 3 is 2.57 bits per heavy atom. The summed E-state index contributed by atoms with van der Waals surface area (Å²) in [6, 6.07) is 8.66. The van der Waals surface area contributed by atoms with E-state index in [2.05, 4.69) is 58.9 Å². The van der Waals surface area contributed by atoms with Crippen LogP contribution in [-0.2, 0) is 16.1 Å². The van der Waals surface area contributed by atoms with E-state index < -0.39 is 6.04 Å². The fourth-order valence-corrected chi connectivity index (χ4v) is 6.28. The molecule has 6 rings (SSSR count). The lowest BCUT2D eigenvalue weighted by atomic mass is 10.0. The largest absolute Gasteiger partial charge is 0.349 e. The molecule has 3 N–H and O–H groups in total. The third kappa shape index (κ3) is 5.69. The SMILES string of the molecule is CNCCNC(=O)c1nn(CC(=O)N2[C@H](C(=O)Nc3nc(Br)ccc3C)C[C@@]3(C)C[C@@H]23)c2ccc(-c3cnc(C)nc3)cc12. The maximum absolute atomic E-state index is 14.0. The van der Waals surface area contributed by atoms with E-state index in [1.165, 1.54) is 0 Å². The van der Waals surface area contributed by atoms with E-state index in [0.717, 1.165) is 23.1 Å². The molecule has 4 aromatic rings. The number of amides is 3. The van der Waals surface area contributed by atoms with Crippen LogP contribution >= 0.6 is 15.9 Å². The van der Waals surface area contributed by atoms with Gasteiger partial charge >= 0.3 is 0 Å². The van der Waals surface area contributed by atoms with Crippen molar-refractivity contribution in [2.75, 3.05) is 25.5 Å². The standard InChI is InChI=1S/C31H34BrN9O3/c1-17-5-8-25(32)37-28(17)38-29(43)23-12-31(3)13-24(31)41(23)26(42)16-40-22-7-6-19(20-14-35-18(2)36-15-20)11-21(22)27(39-40)30(44)34-10-9-33-4/h5-8,11,14-15,23-24,33H,9-10,12-13,16H2,1-4H3,(H,34,44)(H,37,38,43)/t23-,24+,31-/m0/s1. The van der Waals surface area contributed by atoms with Gasteiger partial charge in [0, 0.05) is 42.5 Å². The molecule has 2 fully saturated rings. The molecule has 0 radical (unpaired) electrons. The fourth-order valence-electron chi connectivity index (χ4n) is 5.97. The highest BCUT2D eigenvalue weighted by atomic mass is 79.9. The van der Waals surface area contributed by atoms with Gasteiger partial charge in [-0.15, -0.1) is 0 Å². The normalized spacial score (nSPS) is 20.4. The van der Waals surface area contributed by atoms with Crippen LogP contribution in [0.25, 0.3) is 22.0 Å². The van der Waals surface area contributed by atoms with E-state index in [0.29, 0.717) is 46.7 Å². The number of pyridine rings is 1. The Kier molecular flexibility index (Phi) is 7.93. The molecule has 228 valence electrons. The smallest absolute Gasteiger partial charge is 0.272 e. The van der Waals surface area contributed by atoms with E-state index in [-0.39, 0.29) is 41.4 Å². The monoisotopic (exact) mass is 659 g/mol. The molecule has 1 aliphatic carbocycles. The molecule has 44 heavy (non-hydrogen) atoms. The van der Waals surface area contributed by atoms with Crippen LogP contribution < -0.4 is 16.0 Å². The van der Waals surface area contributed by atoms with Gasteiger partial charge in [-0.05, 0) is 84.4 Å². The van der Waals surface area contributed by atoms with Gasteiger partial charge in [-0.3, -0.25) is 19.1 Å². The number of likely N-dealkylation sites (tertiary alicyclic amines) is 1. The number of aryl methyl sites for hydroxylation is 2. The van der Waals surface area contributed by atoms with Crippen molar-refractivity contribution >= 4 is 50.4 Å². The summed E-state index contributed by atoms with van der Waals surface area (Å²) in [5.74, 6) is 0.302. The minimum absolute atomic E-state index is 0.0263. The van der Waals surface area contributed by atoms with Crippen molar-refractivity contribution in [1.29, 1.82) is 0 Å². The molecule has 1 saturated heterocycles. The van der Waals surface area contributed by atoms with Crippen LogP contribution in [0.2, 0.25) is 0 Å². The number of fused-ring (bicyclic) bond motifs is 2. The predicted octanol–water partition coefficient (Wildman–Crippen LogP) is 3.24. The van der Waals surface area contributed by atoms with Crippen LogP contribution in [0, 0.1) is 19.3 Å². The van der Waals surface area contributed by atoms with Gasteiger partial charge in [0.15, 0.2) is 5.69 Å². The third-order valence-electron chi connectivity index (χ3n) is 8.56. The van der Waals surface area contributed by atoms with Gasteiger partial charge in [-0.2, -0.15) is 5.10 Å². The summed E-state index contributed by atoms with van der Waals surface area (Å²) in [5.41, 5.74) is 3.22. The van der Waals surface area contributed by atoms with Crippen molar-refractivity contribution in [2.45, 2.75) is 52.2 Å². The molecular weight excluding hydrogens is 626 g/mol. The maximum atomic E-state index is 14.0. The second-order valence-corrected chi connectivity index (χ2v) is 12.6. The number of nitrogens with zero attached hydrogens (tertiary/aromatic N) is 6. The third-order valence-corrected chi connectivity index (χ3v) is 9.00. The molecule has 2 aliphatic rings. The molecule has 1 aromatic carbocycles. The average molecular weight is 661 g/mol. The van der Waals surface area contributed by atoms with Crippen molar-refractivity contribution < 1.29 is 14.4 Å². The Bertz CT molecular complexity index is 1770. The Hall–Kier alpha value is -4.23. The first-order valence-corrected chi connectivity index (χ1v) is 15.3. The number of carbonyl (C=O) groups excluding carboxylic acids is 3. The molecule has 0 spiro atoms. The summed E-state index contributed by atoms with van der Waals surface area (Å²) in [6.07, 6.45) is 4.89.